The topological polar surface area (TPSA) is 67.2 Å². The molecular formula is C16H11NO3. The normalized spacial score (nSPS) is 9.60. The first-order valence-electron chi connectivity index (χ1n) is 5.94. The van der Waals surface area contributed by atoms with Gasteiger partial charge < -0.3 is 4.74 Å². The van der Waals surface area contributed by atoms with E-state index < -0.39 is 5.97 Å². The van der Waals surface area contributed by atoms with Crippen molar-refractivity contribution in [2.45, 2.75) is 6.92 Å². The second-order valence-electron chi connectivity index (χ2n) is 4.11. The predicted molar refractivity (Wildman–Crippen MR) is 72.3 cm³/mol. The first-order chi connectivity index (χ1) is 9.61. The second kappa shape index (κ2) is 5.81. The van der Waals surface area contributed by atoms with Crippen LogP contribution in [-0.4, -0.2) is 11.8 Å². The molecule has 2 rings (SSSR count). The highest BCUT2D eigenvalue weighted by atomic mass is 16.5. The zero-order valence-corrected chi connectivity index (χ0v) is 10.8. The fraction of sp³-hybridized carbons (Fsp3) is 0.0625. The molecule has 0 fully saturated rings. The standard InChI is InChI=1S/C16H11NO3/c1-11(18)20-15-5-3-2-4-14(15)16(19)13-8-6-12(10-17)7-9-13/h2-9H,1H3. The van der Waals surface area contributed by atoms with Gasteiger partial charge in [-0.25, -0.2) is 0 Å². The van der Waals surface area contributed by atoms with E-state index in [1.54, 1.807) is 48.5 Å². The van der Waals surface area contributed by atoms with Gasteiger partial charge in [0.15, 0.2) is 5.78 Å². The van der Waals surface area contributed by atoms with Gasteiger partial charge in [-0.1, -0.05) is 12.1 Å². The van der Waals surface area contributed by atoms with Gasteiger partial charge in [-0.15, -0.1) is 0 Å². The summed E-state index contributed by atoms with van der Waals surface area (Å²) in [7, 11) is 0. The van der Waals surface area contributed by atoms with E-state index in [0.717, 1.165) is 0 Å². The summed E-state index contributed by atoms with van der Waals surface area (Å²) in [5, 5.41) is 8.73. The largest absolute Gasteiger partial charge is 0.426 e. The van der Waals surface area contributed by atoms with Gasteiger partial charge in [0.25, 0.3) is 0 Å². The van der Waals surface area contributed by atoms with E-state index in [-0.39, 0.29) is 11.5 Å². The lowest BCUT2D eigenvalue weighted by Crippen LogP contribution is -2.08. The Hall–Kier alpha value is -2.93. The van der Waals surface area contributed by atoms with Crippen molar-refractivity contribution in [2.24, 2.45) is 0 Å². The highest BCUT2D eigenvalue weighted by Gasteiger charge is 2.15. The van der Waals surface area contributed by atoms with Crippen molar-refractivity contribution in [3.8, 4) is 11.8 Å². The van der Waals surface area contributed by atoms with Crippen LogP contribution in [-0.2, 0) is 4.79 Å². The molecule has 4 nitrogen and oxygen atoms in total. The Morgan fingerprint density at radius 2 is 1.70 bits per heavy atom. The number of nitriles is 1. The van der Waals surface area contributed by atoms with Crippen LogP contribution >= 0.6 is 0 Å². The fourth-order valence-electron chi connectivity index (χ4n) is 1.75. The number of ether oxygens (including phenoxy) is 1. The Kier molecular flexibility index (Phi) is 3.92. The van der Waals surface area contributed by atoms with Crippen molar-refractivity contribution < 1.29 is 14.3 Å². The van der Waals surface area contributed by atoms with E-state index in [2.05, 4.69) is 0 Å². The molecule has 0 amide bonds. The summed E-state index contributed by atoms with van der Waals surface area (Å²) in [4.78, 5) is 23.4. The molecule has 0 radical (unpaired) electrons. The summed E-state index contributed by atoms with van der Waals surface area (Å²) in [5.74, 6) is -0.509. The zero-order valence-electron chi connectivity index (χ0n) is 10.8. The molecule has 0 unspecified atom stereocenters. The van der Waals surface area contributed by atoms with Crippen LogP contribution in [0.3, 0.4) is 0 Å². The third-order valence-corrected chi connectivity index (χ3v) is 2.66. The molecule has 4 heteroatoms. The van der Waals surface area contributed by atoms with Crippen LogP contribution in [0.1, 0.15) is 28.4 Å². The zero-order chi connectivity index (χ0) is 14.5. The summed E-state index contributed by atoms with van der Waals surface area (Å²) < 4.78 is 5.02. The van der Waals surface area contributed by atoms with Crippen LogP contribution in [0.25, 0.3) is 0 Å². The van der Waals surface area contributed by atoms with Crippen LogP contribution in [0.2, 0.25) is 0 Å². The Labute approximate surface area is 116 Å². The number of nitrogens with zero attached hydrogens (tertiary/aromatic N) is 1. The predicted octanol–water partition coefficient (Wildman–Crippen LogP) is 2.71. The molecule has 2 aromatic rings. The maximum absolute atomic E-state index is 12.4. The molecule has 0 N–H and O–H groups in total. The molecule has 0 saturated carbocycles. The average molecular weight is 265 g/mol. The molecule has 98 valence electrons. The van der Waals surface area contributed by atoms with Crippen LogP contribution in [0.4, 0.5) is 0 Å². The lowest BCUT2D eigenvalue weighted by molar-refractivity contribution is -0.131. The minimum Gasteiger partial charge on any atom is -0.426 e. The van der Waals surface area contributed by atoms with E-state index in [4.69, 9.17) is 10.00 Å². The lowest BCUT2D eigenvalue weighted by Gasteiger charge is -2.07. The Morgan fingerprint density at radius 3 is 2.30 bits per heavy atom. The molecule has 0 spiro atoms. The Bertz CT molecular complexity index is 696. The number of carbonyl (C=O) groups excluding carboxylic acids is 2. The lowest BCUT2D eigenvalue weighted by atomic mass is 10.0. The summed E-state index contributed by atoms with van der Waals surface area (Å²) in [6.45, 7) is 1.28. The van der Waals surface area contributed by atoms with Gasteiger partial charge in [0.05, 0.1) is 17.2 Å². The molecule has 2 aromatic carbocycles. The monoisotopic (exact) mass is 265 g/mol. The van der Waals surface area contributed by atoms with Crippen molar-refractivity contribution in [1.82, 2.24) is 0 Å². The van der Waals surface area contributed by atoms with Gasteiger partial charge in [0.1, 0.15) is 5.75 Å². The van der Waals surface area contributed by atoms with Gasteiger partial charge in [0, 0.05) is 12.5 Å². The van der Waals surface area contributed by atoms with Gasteiger partial charge in [-0.05, 0) is 36.4 Å². The maximum atomic E-state index is 12.4. The fourth-order valence-corrected chi connectivity index (χ4v) is 1.75. The van der Waals surface area contributed by atoms with E-state index in [0.29, 0.717) is 16.7 Å². The van der Waals surface area contributed by atoms with Crippen LogP contribution in [0.15, 0.2) is 48.5 Å². The first kappa shape index (κ1) is 13.5. The van der Waals surface area contributed by atoms with E-state index in [9.17, 15) is 9.59 Å². The summed E-state index contributed by atoms with van der Waals surface area (Å²) in [6, 6.07) is 14.8. The molecular weight excluding hydrogens is 254 g/mol. The molecule has 0 aliphatic carbocycles. The number of carbonyl (C=O) groups is 2. The van der Waals surface area contributed by atoms with Crippen molar-refractivity contribution in [1.29, 1.82) is 5.26 Å². The van der Waals surface area contributed by atoms with Crippen molar-refractivity contribution in [3.63, 3.8) is 0 Å². The molecule has 0 aliphatic heterocycles. The Balaban J connectivity index is 2.37. The first-order valence-corrected chi connectivity index (χ1v) is 5.94. The smallest absolute Gasteiger partial charge is 0.308 e. The van der Waals surface area contributed by atoms with Crippen molar-refractivity contribution in [3.05, 3.63) is 65.2 Å². The number of rotatable bonds is 3. The van der Waals surface area contributed by atoms with E-state index >= 15 is 0 Å². The molecule has 0 aromatic heterocycles. The summed E-state index contributed by atoms with van der Waals surface area (Å²) in [6.07, 6.45) is 0. The molecule has 20 heavy (non-hydrogen) atoms. The number of benzene rings is 2. The van der Waals surface area contributed by atoms with Crippen LogP contribution < -0.4 is 4.74 Å². The second-order valence-corrected chi connectivity index (χ2v) is 4.11. The Morgan fingerprint density at radius 1 is 1.05 bits per heavy atom. The third kappa shape index (κ3) is 2.90. The quantitative estimate of drug-likeness (QED) is 0.486. The van der Waals surface area contributed by atoms with Crippen LogP contribution in [0, 0.1) is 11.3 Å². The number of esters is 1. The molecule has 0 saturated heterocycles. The third-order valence-electron chi connectivity index (χ3n) is 2.66. The number of para-hydroxylation sites is 1. The van der Waals surface area contributed by atoms with Gasteiger partial charge >= 0.3 is 5.97 Å². The molecule has 0 bridgehead atoms. The highest BCUT2D eigenvalue weighted by molar-refractivity contribution is 6.11. The van der Waals surface area contributed by atoms with Crippen LogP contribution in [0.5, 0.6) is 5.75 Å². The minimum atomic E-state index is -0.481. The van der Waals surface area contributed by atoms with E-state index in [1.165, 1.54) is 6.92 Å². The summed E-state index contributed by atoms with van der Waals surface area (Å²) >= 11 is 0. The SMILES string of the molecule is CC(=O)Oc1ccccc1C(=O)c1ccc(C#N)cc1. The number of hydrogen-bond acceptors (Lipinski definition) is 4. The van der Waals surface area contributed by atoms with Gasteiger partial charge in [0.2, 0.25) is 0 Å². The van der Waals surface area contributed by atoms with Crippen molar-refractivity contribution >= 4 is 11.8 Å². The highest BCUT2D eigenvalue weighted by Crippen LogP contribution is 2.22. The van der Waals surface area contributed by atoms with Gasteiger partial charge in [-0.2, -0.15) is 5.26 Å². The summed E-state index contributed by atoms with van der Waals surface area (Å²) in [5.41, 5.74) is 1.23. The number of hydrogen-bond donors (Lipinski definition) is 0. The minimum absolute atomic E-state index is 0.231. The molecule has 0 heterocycles. The van der Waals surface area contributed by atoms with E-state index in [1.807, 2.05) is 6.07 Å². The van der Waals surface area contributed by atoms with Crippen molar-refractivity contribution in [2.75, 3.05) is 0 Å². The average Bonchev–Trinajstić information content (AvgIpc) is 2.46. The van der Waals surface area contributed by atoms with Gasteiger partial charge in [-0.3, -0.25) is 9.59 Å². The maximum Gasteiger partial charge on any atom is 0.308 e. The number of ketones is 1. The molecule has 0 atom stereocenters. The molecule has 0 aliphatic rings.